The first kappa shape index (κ1) is 11.9. The number of para-hydroxylation sites is 1. The van der Waals surface area contributed by atoms with Gasteiger partial charge in [0.15, 0.2) is 5.82 Å². The Morgan fingerprint density at radius 1 is 1.28 bits per heavy atom. The van der Waals surface area contributed by atoms with E-state index in [0.717, 1.165) is 11.3 Å². The van der Waals surface area contributed by atoms with Crippen molar-refractivity contribution in [2.24, 2.45) is 0 Å². The number of nitrogen functional groups attached to an aromatic ring is 1. The van der Waals surface area contributed by atoms with Crippen LogP contribution >= 0.6 is 0 Å². The topological polar surface area (TPSA) is 65.9 Å². The van der Waals surface area contributed by atoms with Crippen molar-refractivity contribution in [3.05, 3.63) is 47.7 Å². The van der Waals surface area contributed by atoms with Gasteiger partial charge in [0.25, 0.3) is 0 Å². The molecule has 2 N–H and O–H groups in total. The van der Waals surface area contributed by atoms with Crippen LogP contribution in [-0.4, -0.2) is 12.0 Å². The smallest absolute Gasteiger partial charge is 0.157 e. The van der Waals surface area contributed by atoms with Crippen LogP contribution in [0.15, 0.2) is 36.5 Å². The van der Waals surface area contributed by atoms with Crippen LogP contribution in [0.5, 0.6) is 0 Å². The molecule has 90 valence electrons. The maximum atomic E-state index is 8.97. The van der Waals surface area contributed by atoms with Crippen molar-refractivity contribution in [2.75, 3.05) is 17.7 Å². The fourth-order valence-corrected chi connectivity index (χ4v) is 1.88. The summed E-state index contributed by atoms with van der Waals surface area (Å²) in [6, 6.07) is 11.6. The highest BCUT2D eigenvalue weighted by Crippen LogP contribution is 2.30. The van der Waals surface area contributed by atoms with E-state index in [0.29, 0.717) is 17.1 Å². The highest BCUT2D eigenvalue weighted by molar-refractivity contribution is 5.76. The molecule has 0 amide bonds. The zero-order valence-corrected chi connectivity index (χ0v) is 10.4. The SMILES string of the molecule is Cc1ccccc1N(C)c1nccc(C#N)c1N. The number of nitrogens with zero attached hydrogens (tertiary/aromatic N) is 3. The van der Waals surface area contributed by atoms with Crippen molar-refractivity contribution >= 4 is 17.2 Å². The molecular weight excluding hydrogens is 224 g/mol. The second-order valence-corrected chi connectivity index (χ2v) is 4.05. The summed E-state index contributed by atoms with van der Waals surface area (Å²) in [4.78, 5) is 6.15. The third kappa shape index (κ3) is 1.98. The predicted molar refractivity (Wildman–Crippen MR) is 72.6 cm³/mol. The molecule has 1 aromatic carbocycles. The largest absolute Gasteiger partial charge is 0.395 e. The Bertz CT molecular complexity index is 613. The second-order valence-electron chi connectivity index (χ2n) is 4.05. The van der Waals surface area contributed by atoms with E-state index in [9.17, 15) is 0 Å². The number of benzene rings is 1. The van der Waals surface area contributed by atoms with Crippen LogP contribution in [0, 0.1) is 18.3 Å². The Hall–Kier alpha value is -2.54. The number of anilines is 3. The lowest BCUT2D eigenvalue weighted by Gasteiger charge is -2.22. The zero-order chi connectivity index (χ0) is 13.1. The fraction of sp³-hybridized carbons (Fsp3) is 0.143. The number of hydrogen-bond acceptors (Lipinski definition) is 4. The van der Waals surface area contributed by atoms with E-state index in [4.69, 9.17) is 11.0 Å². The molecule has 4 nitrogen and oxygen atoms in total. The van der Waals surface area contributed by atoms with Crippen LogP contribution in [0.3, 0.4) is 0 Å². The van der Waals surface area contributed by atoms with E-state index < -0.39 is 0 Å². The van der Waals surface area contributed by atoms with Gasteiger partial charge in [0, 0.05) is 18.9 Å². The molecule has 1 heterocycles. The van der Waals surface area contributed by atoms with E-state index in [1.807, 2.05) is 43.1 Å². The Morgan fingerprint density at radius 3 is 2.67 bits per heavy atom. The van der Waals surface area contributed by atoms with E-state index >= 15 is 0 Å². The molecule has 0 spiro atoms. The van der Waals surface area contributed by atoms with Gasteiger partial charge in [0.2, 0.25) is 0 Å². The second kappa shape index (κ2) is 4.76. The number of pyridine rings is 1. The summed E-state index contributed by atoms with van der Waals surface area (Å²) < 4.78 is 0. The summed E-state index contributed by atoms with van der Waals surface area (Å²) in [5.41, 5.74) is 8.96. The minimum absolute atomic E-state index is 0.408. The zero-order valence-electron chi connectivity index (χ0n) is 10.4. The molecule has 0 atom stereocenters. The molecule has 0 saturated heterocycles. The lowest BCUT2D eigenvalue weighted by molar-refractivity contribution is 1.11. The molecule has 2 rings (SSSR count). The van der Waals surface area contributed by atoms with Gasteiger partial charge in [-0.25, -0.2) is 4.98 Å². The van der Waals surface area contributed by atoms with Crippen molar-refractivity contribution in [2.45, 2.75) is 6.92 Å². The molecule has 4 heteroatoms. The van der Waals surface area contributed by atoms with E-state index in [1.54, 1.807) is 12.3 Å². The number of hydrogen-bond donors (Lipinski definition) is 1. The van der Waals surface area contributed by atoms with Crippen molar-refractivity contribution < 1.29 is 0 Å². The molecule has 0 aliphatic rings. The van der Waals surface area contributed by atoms with Crippen LogP contribution in [-0.2, 0) is 0 Å². The third-order valence-electron chi connectivity index (χ3n) is 2.88. The predicted octanol–water partition coefficient (Wildman–Crippen LogP) is 2.61. The average molecular weight is 238 g/mol. The van der Waals surface area contributed by atoms with Crippen molar-refractivity contribution in [1.82, 2.24) is 4.98 Å². The molecule has 0 aliphatic heterocycles. The highest BCUT2D eigenvalue weighted by Gasteiger charge is 2.13. The number of nitriles is 1. The molecule has 1 aromatic heterocycles. The molecule has 0 unspecified atom stereocenters. The molecule has 0 aliphatic carbocycles. The average Bonchev–Trinajstić information content (AvgIpc) is 2.39. The quantitative estimate of drug-likeness (QED) is 0.873. The van der Waals surface area contributed by atoms with Gasteiger partial charge >= 0.3 is 0 Å². The molecule has 0 saturated carbocycles. The molecular formula is C14H14N4. The normalized spacial score (nSPS) is 9.83. The van der Waals surface area contributed by atoms with Gasteiger partial charge < -0.3 is 10.6 Å². The van der Waals surface area contributed by atoms with Gasteiger partial charge in [-0.05, 0) is 24.6 Å². The van der Waals surface area contributed by atoms with Gasteiger partial charge in [0.05, 0.1) is 11.3 Å². The van der Waals surface area contributed by atoms with Crippen LogP contribution in [0.4, 0.5) is 17.2 Å². The summed E-state index contributed by atoms with van der Waals surface area (Å²) in [6.07, 6.45) is 1.60. The lowest BCUT2D eigenvalue weighted by atomic mass is 10.1. The van der Waals surface area contributed by atoms with Gasteiger partial charge in [0.1, 0.15) is 6.07 Å². The molecule has 0 fully saturated rings. The number of nitrogens with two attached hydrogens (primary N) is 1. The minimum Gasteiger partial charge on any atom is -0.395 e. The number of aromatic nitrogens is 1. The maximum absolute atomic E-state index is 8.97. The minimum atomic E-state index is 0.408. The first-order valence-electron chi connectivity index (χ1n) is 5.59. The van der Waals surface area contributed by atoms with Crippen LogP contribution in [0.2, 0.25) is 0 Å². The van der Waals surface area contributed by atoms with Gasteiger partial charge in [-0.1, -0.05) is 18.2 Å². The maximum Gasteiger partial charge on any atom is 0.157 e. The van der Waals surface area contributed by atoms with Crippen LogP contribution < -0.4 is 10.6 Å². The van der Waals surface area contributed by atoms with Crippen LogP contribution in [0.1, 0.15) is 11.1 Å². The fourth-order valence-electron chi connectivity index (χ4n) is 1.88. The summed E-state index contributed by atoms with van der Waals surface area (Å²) in [5, 5.41) is 8.97. The Balaban J connectivity index is 2.51. The Kier molecular flexibility index (Phi) is 3.16. The Morgan fingerprint density at radius 2 is 2.00 bits per heavy atom. The van der Waals surface area contributed by atoms with Crippen molar-refractivity contribution in [3.8, 4) is 6.07 Å². The Labute approximate surface area is 106 Å². The third-order valence-corrected chi connectivity index (χ3v) is 2.88. The molecule has 0 radical (unpaired) electrons. The summed E-state index contributed by atoms with van der Waals surface area (Å²) in [5.74, 6) is 0.600. The van der Waals surface area contributed by atoms with E-state index in [1.165, 1.54) is 0 Å². The highest BCUT2D eigenvalue weighted by atomic mass is 15.2. The molecule has 18 heavy (non-hydrogen) atoms. The monoisotopic (exact) mass is 238 g/mol. The lowest BCUT2D eigenvalue weighted by Crippen LogP contribution is -2.15. The summed E-state index contributed by atoms with van der Waals surface area (Å²) in [6.45, 7) is 2.02. The number of aryl methyl sites for hydroxylation is 1. The van der Waals surface area contributed by atoms with Crippen LogP contribution in [0.25, 0.3) is 0 Å². The molecule has 2 aromatic rings. The van der Waals surface area contributed by atoms with E-state index in [-0.39, 0.29) is 0 Å². The molecule has 0 bridgehead atoms. The van der Waals surface area contributed by atoms with E-state index in [2.05, 4.69) is 11.1 Å². The first-order chi connectivity index (χ1) is 8.65. The number of rotatable bonds is 2. The van der Waals surface area contributed by atoms with Crippen molar-refractivity contribution in [3.63, 3.8) is 0 Å². The first-order valence-corrected chi connectivity index (χ1v) is 5.59. The van der Waals surface area contributed by atoms with Gasteiger partial charge in [-0.3, -0.25) is 0 Å². The summed E-state index contributed by atoms with van der Waals surface area (Å²) >= 11 is 0. The van der Waals surface area contributed by atoms with Gasteiger partial charge in [-0.2, -0.15) is 5.26 Å². The van der Waals surface area contributed by atoms with Gasteiger partial charge in [-0.15, -0.1) is 0 Å². The van der Waals surface area contributed by atoms with Crippen molar-refractivity contribution in [1.29, 1.82) is 5.26 Å². The summed E-state index contributed by atoms with van der Waals surface area (Å²) in [7, 11) is 1.89. The standard InChI is InChI=1S/C14H14N4/c1-10-5-3-4-6-12(10)18(2)14-13(16)11(9-15)7-8-17-14/h3-8H,16H2,1-2H3.